The Hall–Kier alpha value is -2.43. The number of aryl methyl sites for hydroxylation is 1. The molecule has 110 valence electrons. The van der Waals surface area contributed by atoms with Crippen molar-refractivity contribution in [2.45, 2.75) is 20.4 Å². The molecule has 0 atom stereocenters. The van der Waals surface area contributed by atoms with Crippen LogP contribution in [0.5, 0.6) is 0 Å². The molecule has 0 fully saturated rings. The minimum atomic E-state index is -0.0142. The monoisotopic (exact) mass is 284 g/mol. The van der Waals surface area contributed by atoms with E-state index in [2.05, 4.69) is 15.3 Å². The van der Waals surface area contributed by atoms with E-state index in [1.54, 1.807) is 30.3 Å². The van der Waals surface area contributed by atoms with Crippen molar-refractivity contribution >= 4 is 11.7 Å². The van der Waals surface area contributed by atoms with Crippen molar-refractivity contribution in [3.8, 4) is 0 Å². The molecule has 5 heteroatoms. The molecule has 0 aliphatic rings. The van der Waals surface area contributed by atoms with Gasteiger partial charge < -0.3 is 10.2 Å². The molecule has 1 N–H and O–H groups in total. The average molecular weight is 284 g/mol. The number of aromatic nitrogens is 2. The van der Waals surface area contributed by atoms with E-state index in [1.165, 1.54) is 0 Å². The third kappa shape index (κ3) is 3.78. The van der Waals surface area contributed by atoms with E-state index in [0.29, 0.717) is 24.5 Å². The molecule has 0 unspecified atom stereocenters. The molecule has 0 radical (unpaired) electrons. The zero-order chi connectivity index (χ0) is 15.2. The van der Waals surface area contributed by atoms with E-state index < -0.39 is 0 Å². The fraction of sp³-hybridized carbons (Fsp3) is 0.312. The fourth-order valence-electron chi connectivity index (χ4n) is 2.09. The fourth-order valence-corrected chi connectivity index (χ4v) is 2.09. The number of nitrogens with one attached hydrogen (secondary N) is 1. The highest BCUT2D eigenvalue weighted by Gasteiger charge is 2.15. The molecule has 21 heavy (non-hydrogen) atoms. The van der Waals surface area contributed by atoms with Crippen molar-refractivity contribution in [3.63, 3.8) is 0 Å². The van der Waals surface area contributed by atoms with Gasteiger partial charge in [0.15, 0.2) is 0 Å². The lowest BCUT2D eigenvalue weighted by Crippen LogP contribution is -2.30. The van der Waals surface area contributed by atoms with Crippen LogP contribution in [0.15, 0.2) is 36.5 Å². The number of carbonyl (C=O) groups is 1. The number of pyridine rings is 2. The summed E-state index contributed by atoms with van der Waals surface area (Å²) >= 11 is 0. The molecular formula is C16H20N4O. The van der Waals surface area contributed by atoms with Crippen molar-refractivity contribution in [2.75, 3.05) is 18.9 Å². The highest BCUT2D eigenvalue weighted by atomic mass is 16.2. The Balaban J connectivity index is 2.18. The summed E-state index contributed by atoms with van der Waals surface area (Å²) in [7, 11) is 1.78. The molecule has 2 heterocycles. The Morgan fingerprint density at radius 2 is 2.14 bits per heavy atom. The smallest absolute Gasteiger partial charge is 0.254 e. The van der Waals surface area contributed by atoms with Gasteiger partial charge in [0.2, 0.25) is 0 Å². The van der Waals surface area contributed by atoms with Gasteiger partial charge in [-0.1, -0.05) is 6.07 Å². The Morgan fingerprint density at radius 3 is 2.81 bits per heavy atom. The van der Waals surface area contributed by atoms with Gasteiger partial charge in [-0.25, -0.2) is 4.98 Å². The third-order valence-corrected chi connectivity index (χ3v) is 3.23. The average Bonchev–Trinajstić information content (AvgIpc) is 2.52. The van der Waals surface area contributed by atoms with E-state index in [4.69, 9.17) is 0 Å². The van der Waals surface area contributed by atoms with Crippen molar-refractivity contribution in [2.24, 2.45) is 0 Å². The summed E-state index contributed by atoms with van der Waals surface area (Å²) < 4.78 is 0. The molecule has 2 aromatic rings. The van der Waals surface area contributed by atoms with E-state index in [9.17, 15) is 4.79 Å². The maximum absolute atomic E-state index is 12.6. The Morgan fingerprint density at radius 1 is 1.33 bits per heavy atom. The molecular weight excluding hydrogens is 264 g/mol. The van der Waals surface area contributed by atoms with Crippen LogP contribution in [0.1, 0.15) is 28.7 Å². The summed E-state index contributed by atoms with van der Waals surface area (Å²) in [5, 5.41) is 2.94. The molecule has 0 saturated heterocycles. The first kappa shape index (κ1) is 15.0. The van der Waals surface area contributed by atoms with Crippen LogP contribution < -0.4 is 5.32 Å². The third-order valence-electron chi connectivity index (χ3n) is 3.23. The van der Waals surface area contributed by atoms with Crippen LogP contribution in [0.3, 0.4) is 0 Å². The topological polar surface area (TPSA) is 58.1 Å². The molecule has 0 aliphatic heterocycles. The lowest BCUT2D eigenvalue weighted by atomic mass is 10.2. The summed E-state index contributed by atoms with van der Waals surface area (Å²) in [6, 6.07) is 9.34. The second-order valence-electron chi connectivity index (χ2n) is 4.77. The highest BCUT2D eigenvalue weighted by Crippen LogP contribution is 2.12. The molecule has 0 spiro atoms. The number of anilines is 1. The van der Waals surface area contributed by atoms with Gasteiger partial charge in [-0.15, -0.1) is 0 Å². The predicted octanol–water partition coefficient (Wildman–Crippen LogP) is 2.49. The van der Waals surface area contributed by atoms with Crippen molar-refractivity contribution < 1.29 is 4.79 Å². The van der Waals surface area contributed by atoms with Crippen LogP contribution in [-0.4, -0.2) is 34.4 Å². The van der Waals surface area contributed by atoms with Crippen molar-refractivity contribution in [1.82, 2.24) is 14.9 Å². The normalized spacial score (nSPS) is 10.2. The molecule has 0 aliphatic carbocycles. The summed E-state index contributed by atoms with van der Waals surface area (Å²) in [5.41, 5.74) is 2.48. The van der Waals surface area contributed by atoms with E-state index >= 15 is 0 Å². The van der Waals surface area contributed by atoms with Gasteiger partial charge >= 0.3 is 0 Å². The van der Waals surface area contributed by atoms with Gasteiger partial charge in [0, 0.05) is 31.0 Å². The summed E-state index contributed by atoms with van der Waals surface area (Å²) in [4.78, 5) is 22.9. The van der Waals surface area contributed by atoms with Gasteiger partial charge in [-0.3, -0.25) is 9.78 Å². The van der Waals surface area contributed by atoms with Crippen molar-refractivity contribution in [1.29, 1.82) is 0 Å². The van der Waals surface area contributed by atoms with Crippen LogP contribution in [0.4, 0.5) is 5.82 Å². The Kier molecular flexibility index (Phi) is 4.87. The molecule has 5 nitrogen and oxygen atoms in total. The Bertz CT molecular complexity index is 627. The lowest BCUT2D eigenvalue weighted by molar-refractivity contribution is 0.0750. The first-order valence-corrected chi connectivity index (χ1v) is 6.99. The summed E-state index contributed by atoms with van der Waals surface area (Å²) in [6.45, 7) is 5.05. The summed E-state index contributed by atoms with van der Waals surface area (Å²) in [5.74, 6) is 0.672. The second kappa shape index (κ2) is 6.83. The van der Waals surface area contributed by atoms with Crippen LogP contribution in [0.2, 0.25) is 0 Å². The number of hydrogen-bond donors (Lipinski definition) is 1. The molecule has 2 aromatic heterocycles. The lowest BCUT2D eigenvalue weighted by Gasteiger charge is -2.21. The first-order chi connectivity index (χ1) is 10.1. The van der Waals surface area contributed by atoms with Gasteiger partial charge in [0.1, 0.15) is 5.82 Å². The minimum Gasteiger partial charge on any atom is -0.373 e. The van der Waals surface area contributed by atoms with E-state index in [-0.39, 0.29) is 5.91 Å². The molecule has 0 bridgehead atoms. The molecule has 2 rings (SSSR count). The SMILES string of the molecule is CCN(Cc1cccc(C)n1)C(=O)c1ccnc(NC)c1. The van der Waals surface area contributed by atoms with Gasteiger partial charge in [-0.05, 0) is 38.1 Å². The maximum Gasteiger partial charge on any atom is 0.254 e. The second-order valence-corrected chi connectivity index (χ2v) is 4.77. The maximum atomic E-state index is 12.6. The van der Waals surface area contributed by atoms with Crippen molar-refractivity contribution in [3.05, 3.63) is 53.5 Å². The first-order valence-electron chi connectivity index (χ1n) is 6.99. The van der Waals surface area contributed by atoms with E-state index in [0.717, 1.165) is 11.4 Å². The Labute approximate surface area is 125 Å². The molecule has 0 aromatic carbocycles. The number of nitrogens with zero attached hydrogens (tertiary/aromatic N) is 3. The quantitative estimate of drug-likeness (QED) is 0.916. The number of hydrogen-bond acceptors (Lipinski definition) is 4. The van der Waals surface area contributed by atoms with E-state index in [1.807, 2.05) is 32.0 Å². The minimum absolute atomic E-state index is 0.0142. The van der Waals surface area contributed by atoms with Gasteiger partial charge in [0.05, 0.1) is 12.2 Å². The molecule has 0 saturated carbocycles. The van der Waals surface area contributed by atoms with Gasteiger partial charge in [-0.2, -0.15) is 0 Å². The predicted molar refractivity (Wildman–Crippen MR) is 83.2 cm³/mol. The number of rotatable bonds is 5. The van der Waals surface area contributed by atoms with Crippen LogP contribution in [0, 0.1) is 6.92 Å². The van der Waals surface area contributed by atoms with Crippen LogP contribution in [-0.2, 0) is 6.54 Å². The molecule has 1 amide bonds. The zero-order valence-corrected chi connectivity index (χ0v) is 12.6. The van der Waals surface area contributed by atoms with Gasteiger partial charge in [0.25, 0.3) is 5.91 Å². The van der Waals surface area contributed by atoms with Crippen LogP contribution in [0.25, 0.3) is 0 Å². The number of carbonyl (C=O) groups excluding carboxylic acids is 1. The standard InChI is InChI=1S/C16H20N4O/c1-4-20(11-14-7-5-6-12(2)19-14)16(21)13-8-9-18-15(10-13)17-3/h5-10H,4,11H2,1-3H3,(H,17,18). The largest absolute Gasteiger partial charge is 0.373 e. The number of amides is 1. The zero-order valence-electron chi connectivity index (χ0n) is 12.6. The van der Waals surface area contributed by atoms with Crippen LogP contribution >= 0.6 is 0 Å². The summed E-state index contributed by atoms with van der Waals surface area (Å²) in [6.07, 6.45) is 1.64. The highest BCUT2D eigenvalue weighted by molar-refractivity contribution is 5.94.